The molecule has 0 radical (unpaired) electrons. The van der Waals surface area contributed by atoms with Crippen LogP contribution in [0.2, 0.25) is 0 Å². The highest BCUT2D eigenvalue weighted by molar-refractivity contribution is 5.99. The van der Waals surface area contributed by atoms with Crippen LogP contribution in [0.15, 0.2) is 47.3 Å². The lowest BCUT2D eigenvalue weighted by Gasteiger charge is -2.37. The topological polar surface area (TPSA) is 77.2 Å². The van der Waals surface area contributed by atoms with Crippen molar-refractivity contribution in [3.63, 3.8) is 0 Å². The van der Waals surface area contributed by atoms with Crippen LogP contribution >= 0.6 is 0 Å². The first kappa shape index (κ1) is 28.6. The molecule has 1 fully saturated rings. The Morgan fingerprint density at radius 2 is 1.67 bits per heavy atom. The number of aryl methyl sites for hydroxylation is 2. The quantitative estimate of drug-likeness (QED) is 0.294. The van der Waals surface area contributed by atoms with E-state index in [-0.39, 0.29) is 18.0 Å². The van der Waals surface area contributed by atoms with Gasteiger partial charge in [-0.25, -0.2) is 0 Å². The lowest BCUT2D eigenvalue weighted by Crippen LogP contribution is -2.37. The normalized spacial score (nSPS) is 13.9. The van der Waals surface area contributed by atoms with Crippen LogP contribution in [-0.2, 0) is 13.1 Å². The van der Waals surface area contributed by atoms with E-state index in [1.807, 2.05) is 26.0 Å². The molecule has 0 atom stereocenters. The number of nitrogens with zero attached hydrogens (tertiary/aromatic N) is 1. The van der Waals surface area contributed by atoms with Crippen molar-refractivity contribution < 1.29 is 4.79 Å². The smallest absolute Gasteiger partial charge is 0.253 e. The predicted octanol–water partition coefficient (Wildman–Crippen LogP) is 6.17. The minimum Gasteiger partial charge on any atom is -0.369 e. The molecule has 208 valence electrons. The SMILES string of the molecule is CCNCc1ccc(-c2cc(C(=O)NCc3c(C)cc(C)[nH]c3=O)c(C)c(N(CC)C3CCCCC3)c2)cc1. The third kappa shape index (κ3) is 6.80. The molecule has 1 aromatic heterocycles. The third-order valence-electron chi connectivity index (χ3n) is 8.08. The van der Waals surface area contributed by atoms with Crippen molar-refractivity contribution >= 4 is 11.6 Å². The Balaban J connectivity index is 1.71. The molecular formula is C33H44N4O2. The van der Waals surface area contributed by atoms with Gasteiger partial charge in [0, 0.05) is 48.2 Å². The average Bonchev–Trinajstić information content (AvgIpc) is 2.93. The summed E-state index contributed by atoms with van der Waals surface area (Å²) < 4.78 is 0. The highest BCUT2D eigenvalue weighted by atomic mass is 16.1. The van der Waals surface area contributed by atoms with Gasteiger partial charge in [0.05, 0.1) is 0 Å². The van der Waals surface area contributed by atoms with E-state index < -0.39 is 0 Å². The summed E-state index contributed by atoms with van der Waals surface area (Å²) in [6, 6.07) is 15.3. The fourth-order valence-electron chi connectivity index (χ4n) is 5.87. The first-order valence-electron chi connectivity index (χ1n) is 14.5. The van der Waals surface area contributed by atoms with Crippen molar-refractivity contribution in [2.75, 3.05) is 18.0 Å². The highest BCUT2D eigenvalue weighted by Crippen LogP contribution is 2.35. The van der Waals surface area contributed by atoms with Gasteiger partial charge in [-0.15, -0.1) is 0 Å². The Morgan fingerprint density at radius 1 is 0.949 bits per heavy atom. The van der Waals surface area contributed by atoms with Gasteiger partial charge in [-0.3, -0.25) is 9.59 Å². The summed E-state index contributed by atoms with van der Waals surface area (Å²) >= 11 is 0. The highest BCUT2D eigenvalue weighted by Gasteiger charge is 2.24. The predicted molar refractivity (Wildman–Crippen MR) is 162 cm³/mol. The van der Waals surface area contributed by atoms with Gasteiger partial charge in [0.2, 0.25) is 0 Å². The van der Waals surface area contributed by atoms with Crippen LogP contribution in [0.25, 0.3) is 11.1 Å². The Hall–Kier alpha value is -3.38. The fraction of sp³-hybridized carbons (Fsp3) is 0.455. The van der Waals surface area contributed by atoms with E-state index in [1.165, 1.54) is 37.7 Å². The molecule has 4 rings (SSSR count). The Morgan fingerprint density at radius 3 is 2.31 bits per heavy atom. The molecule has 0 spiro atoms. The molecule has 1 aliphatic carbocycles. The minimum absolute atomic E-state index is 0.147. The van der Waals surface area contributed by atoms with E-state index in [0.717, 1.165) is 53.3 Å². The average molecular weight is 529 g/mol. The van der Waals surface area contributed by atoms with Crippen LogP contribution in [0.3, 0.4) is 0 Å². The summed E-state index contributed by atoms with van der Waals surface area (Å²) in [6.45, 7) is 13.0. The molecule has 6 heteroatoms. The second kappa shape index (κ2) is 13.1. The molecule has 1 heterocycles. The number of hydrogen-bond donors (Lipinski definition) is 3. The number of aromatic amines is 1. The molecule has 2 aromatic carbocycles. The zero-order valence-electron chi connectivity index (χ0n) is 24.2. The third-order valence-corrected chi connectivity index (χ3v) is 8.08. The maximum absolute atomic E-state index is 13.7. The van der Waals surface area contributed by atoms with Crippen LogP contribution in [0.1, 0.15) is 84.3 Å². The molecule has 3 N–H and O–H groups in total. The first-order valence-corrected chi connectivity index (χ1v) is 14.5. The number of aromatic nitrogens is 1. The van der Waals surface area contributed by atoms with Crippen molar-refractivity contribution in [1.82, 2.24) is 15.6 Å². The Kier molecular flexibility index (Phi) is 9.63. The van der Waals surface area contributed by atoms with Gasteiger partial charge in [-0.2, -0.15) is 0 Å². The number of anilines is 1. The largest absolute Gasteiger partial charge is 0.369 e. The van der Waals surface area contributed by atoms with Crippen molar-refractivity contribution in [3.8, 4) is 11.1 Å². The summed E-state index contributed by atoms with van der Waals surface area (Å²) in [6.07, 6.45) is 6.19. The van der Waals surface area contributed by atoms with Crippen LogP contribution in [0.5, 0.6) is 0 Å². The maximum atomic E-state index is 13.7. The molecule has 3 aromatic rings. The number of amides is 1. The monoisotopic (exact) mass is 528 g/mol. The zero-order valence-corrected chi connectivity index (χ0v) is 24.2. The molecule has 39 heavy (non-hydrogen) atoms. The van der Waals surface area contributed by atoms with Gasteiger partial charge in [-0.05, 0) is 93.1 Å². The van der Waals surface area contributed by atoms with E-state index in [1.54, 1.807) is 0 Å². The van der Waals surface area contributed by atoms with Crippen molar-refractivity contribution in [2.45, 2.75) is 85.9 Å². The van der Waals surface area contributed by atoms with Gasteiger partial charge >= 0.3 is 0 Å². The molecule has 1 aliphatic rings. The Bertz CT molecular complexity index is 1340. The van der Waals surface area contributed by atoms with E-state index in [9.17, 15) is 9.59 Å². The summed E-state index contributed by atoms with van der Waals surface area (Å²) in [5, 5.41) is 6.42. The van der Waals surface area contributed by atoms with Crippen molar-refractivity contribution in [2.24, 2.45) is 0 Å². The standard InChI is InChI=1S/C33H44N4O2/c1-6-34-20-25-13-15-26(16-14-25)27-18-29(32(38)35-21-30-22(3)17-23(4)36-33(30)39)24(5)31(19-27)37(7-2)28-11-9-8-10-12-28/h13-19,28,34H,6-12,20-21H2,1-5H3,(H,35,38)(H,36,39). The van der Waals surface area contributed by atoms with Crippen molar-refractivity contribution in [1.29, 1.82) is 0 Å². The zero-order chi connectivity index (χ0) is 27.9. The summed E-state index contributed by atoms with van der Waals surface area (Å²) in [5.41, 5.74) is 8.30. The second-order valence-corrected chi connectivity index (χ2v) is 10.8. The summed E-state index contributed by atoms with van der Waals surface area (Å²) in [7, 11) is 0. The number of carbonyl (C=O) groups excluding carboxylic acids is 1. The number of pyridine rings is 1. The molecule has 6 nitrogen and oxygen atoms in total. The number of carbonyl (C=O) groups is 1. The Labute approximate surface area is 233 Å². The number of nitrogens with one attached hydrogen (secondary N) is 3. The van der Waals surface area contributed by atoms with Crippen LogP contribution in [0, 0.1) is 20.8 Å². The van der Waals surface area contributed by atoms with Gasteiger partial charge < -0.3 is 20.5 Å². The van der Waals surface area contributed by atoms with E-state index in [0.29, 0.717) is 17.2 Å². The number of benzene rings is 2. The summed E-state index contributed by atoms with van der Waals surface area (Å²) in [5.74, 6) is -0.154. The van der Waals surface area contributed by atoms with E-state index in [2.05, 4.69) is 71.6 Å². The van der Waals surface area contributed by atoms with E-state index in [4.69, 9.17) is 0 Å². The van der Waals surface area contributed by atoms with Gasteiger partial charge in [0.15, 0.2) is 0 Å². The van der Waals surface area contributed by atoms with Gasteiger partial charge in [-0.1, -0.05) is 50.5 Å². The van der Waals surface area contributed by atoms with Crippen molar-refractivity contribution in [3.05, 3.63) is 86.3 Å². The molecule has 1 saturated carbocycles. The molecular weight excluding hydrogens is 484 g/mol. The lowest BCUT2D eigenvalue weighted by atomic mass is 9.91. The first-order chi connectivity index (χ1) is 18.8. The fourth-order valence-corrected chi connectivity index (χ4v) is 5.87. The lowest BCUT2D eigenvalue weighted by molar-refractivity contribution is 0.0950. The second-order valence-electron chi connectivity index (χ2n) is 10.8. The minimum atomic E-state index is -0.154. The van der Waals surface area contributed by atoms with Crippen LogP contribution in [0.4, 0.5) is 5.69 Å². The molecule has 1 amide bonds. The van der Waals surface area contributed by atoms with Gasteiger partial charge in [0.25, 0.3) is 11.5 Å². The molecule has 0 saturated heterocycles. The molecule has 0 bridgehead atoms. The van der Waals surface area contributed by atoms with Crippen LogP contribution in [-0.4, -0.2) is 30.0 Å². The molecule has 0 unspecified atom stereocenters. The number of rotatable bonds is 10. The van der Waals surface area contributed by atoms with Crippen LogP contribution < -0.4 is 21.1 Å². The number of H-pyrrole nitrogens is 1. The van der Waals surface area contributed by atoms with Gasteiger partial charge in [0.1, 0.15) is 0 Å². The van der Waals surface area contributed by atoms with E-state index >= 15 is 0 Å². The molecule has 0 aliphatic heterocycles. The summed E-state index contributed by atoms with van der Waals surface area (Å²) in [4.78, 5) is 31.6. The maximum Gasteiger partial charge on any atom is 0.253 e. The number of hydrogen-bond acceptors (Lipinski definition) is 4.